The van der Waals surface area contributed by atoms with Crippen LogP contribution in [0.15, 0.2) is 4.99 Å². The average Bonchev–Trinajstić information content (AvgIpc) is 1.87. The summed E-state index contributed by atoms with van der Waals surface area (Å²) in [7, 11) is 0. The Balaban J connectivity index is 2.42. The van der Waals surface area contributed by atoms with Gasteiger partial charge in [0, 0.05) is 18.3 Å². The molecular formula is C5H10N2. The lowest BCUT2D eigenvalue weighted by atomic mass is 10.2. The molecule has 0 fully saturated rings. The number of nitrogens with zero attached hydrogens (tertiary/aromatic N) is 1. The number of nitrogens with two attached hydrogens (primary N) is 1. The third kappa shape index (κ3) is 0.996. The summed E-state index contributed by atoms with van der Waals surface area (Å²) in [6, 6.07) is 0.699. The Kier molecular flexibility index (Phi) is 1.11. The Morgan fingerprint density at radius 2 is 2.57 bits per heavy atom. The molecule has 1 heterocycles. The van der Waals surface area contributed by atoms with E-state index in [1.807, 2.05) is 6.21 Å². The van der Waals surface area contributed by atoms with Crippen molar-refractivity contribution in [2.24, 2.45) is 10.7 Å². The van der Waals surface area contributed by atoms with Gasteiger partial charge in [0.15, 0.2) is 0 Å². The highest BCUT2D eigenvalue weighted by molar-refractivity contribution is 5.66. The van der Waals surface area contributed by atoms with Crippen LogP contribution >= 0.6 is 0 Å². The fraction of sp³-hybridized carbons (Fsp3) is 0.800. The van der Waals surface area contributed by atoms with E-state index in [2.05, 4.69) is 11.9 Å². The van der Waals surface area contributed by atoms with E-state index in [9.17, 15) is 0 Å². The van der Waals surface area contributed by atoms with E-state index in [4.69, 9.17) is 5.73 Å². The van der Waals surface area contributed by atoms with Gasteiger partial charge < -0.3 is 5.73 Å². The molecule has 0 spiro atoms. The summed E-state index contributed by atoms with van der Waals surface area (Å²) in [6.45, 7) is 2.07. The molecule has 1 aliphatic rings. The van der Waals surface area contributed by atoms with Crippen molar-refractivity contribution < 1.29 is 0 Å². The highest BCUT2D eigenvalue weighted by Gasteiger charge is 2.10. The molecule has 40 valence electrons. The van der Waals surface area contributed by atoms with Gasteiger partial charge in [0.25, 0.3) is 0 Å². The third-order valence-corrected chi connectivity index (χ3v) is 1.15. The Morgan fingerprint density at radius 1 is 1.86 bits per heavy atom. The molecule has 0 aromatic heterocycles. The molecule has 1 aliphatic heterocycles. The fourth-order valence-electron chi connectivity index (χ4n) is 0.773. The summed E-state index contributed by atoms with van der Waals surface area (Å²) in [5, 5.41) is 0. The smallest absolute Gasteiger partial charge is 0.0486 e. The second kappa shape index (κ2) is 1.62. The Hall–Kier alpha value is -0.370. The van der Waals surface area contributed by atoms with Crippen LogP contribution < -0.4 is 5.73 Å². The first kappa shape index (κ1) is 4.78. The fourth-order valence-corrected chi connectivity index (χ4v) is 0.773. The summed E-state index contributed by atoms with van der Waals surface area (Å²) in [6.07, 6.45) is 2.85. The second-order valence-corrected chi connectivity index (χ2v) is 2.05. The average molecular weight is 98.1 g/mol. The van der Waals surface area contributed by atoms with E-state index < -0.39 is 0 Å². The van der Waals surface area contributed by atoms with Crippen LogP contribution in [0.1, 0.15) is 13.3 Å². The quantitative estimate of drug-likeness (QED) is 0.461. The molecule has 7 heavy (non-hydrogen) atoms. The molecule has 0 aliphatic carbocycles. The van der Waals surface area contributed by atoms with Crippen LogP contribution in [0.5, 0.6) is 0 Å². The molecule has 2 atom stereocenters. The molecule has 2 heteroatoms. The van der Waals surface area contributed by atoms with Crippen LogP contribution in [0.3, 0.4) is 0 Å². The first-order chi connectivity index (χ1) is 3.29. The van der Waals surface area contributed by atoms with Gasteiger partial charge in [-0.1, -0.05) is 0 Å². The molecule has 2 unspecified atom stereocenters. The number of hydrogen-bond acceptors (Lipinski definition) is 2. The van der Waals surface area contributed by atoms with Crippen molar-refractivity contribution in [1.29, 1.82) is 0 Å². The zero-order chi connectivity index (χ0) is 5.28. The van der Waals surface area contributed by atoms with Gasteiger partial charge in [0.1, 0.15) is 0 Å². The van der Waals surface area contributed by atoms with Crippen LogP contribution in [0.25, 0.3) is 0 Å². The highest BCUT2D eigenvalue weighted by atomic mass is 14.9. The Morgan fingerprint density at radius 3 is 2.71 bits per heavy atom. The lowest BCUT2D eigenvalue weighted by molar-refractivity contribution is 0.687. The van der Waals surface area contributed by atoms with Crippen LogP contribution in [0.4, 0.5) is 0 Å². The summed E-state index contributed by atoms with van der Waals surface area (Å²) >= 11 is 0. The van der Waals surface area contributed by atoms with Crippen LogP contribution in [0.2, 0.25) is 0 Å². The third-order valence-electron chi connectivity index (χ3n) is 1.15. The zero-order valence-electron chi connectivity index (χ0n) is 4.46. The van der Waals surface area contributed by atoms with E-state index in [0.29, 0.717) is 6.04 Å². The van der Waals surface area contributed by atoms with Crippen molar-refractivity contribution in [3.63, 3.8) is 0 Å². The first-order valence-corrected chi connectivity index (χ1v) is 2.58. The monoisotopic (exact) mass is 98.1 g/mol. The number of rotatable bonds is 0. The van der Waals surface area contributed by atoms with Gasteiger partial charge in [0.05, 0.1) is 0 Å². The van der Waals surface area contributed by atoms with E-state index in [-0.39, 0.29) is 6.04 Å². The zero-order valence-corrected chi connectivity index (χ0v) is 4.46. The van der Waals surface area contributed by atoms with Gasteiger partial charge in [0.2, 0.25) is 0 Å². The number of hydrogen-bond donors (Lipinski definition) is 1. The highest BCUT2D eigenvalue weighted by Crippen LogP contribution is 2.04. The maximum Gasteiger partial charge on any atom is 0.0486 e. The molecule has 2 nitrogen and oxygen atoms in total. The first-order valence-electron chi connectivity index (χ1n) is 2.58. The van der Waals surface area contributed by atoms with Gasteiger partial charge in [-0.25, -0.2) is 0 Å². The molecule has 0 aromatic carbocycles. The van der Waals surface area contributed by atoms with E-state index in [0.717, 1.165) is 6.42 Å². The maximum absolute atomic E-state index is 5.48. The molecule has 0 saturated heterocycles. The van der Waals surface area contributed by atoms with Gasteiger partial charge >= 0.3 is 0 Å². The molecule has 0 saturated carbocycles. The molecule has 2 N–H and O–H groups in total. The van der Waals surface area contributed by atoms with Crippen molar-refractivity contribution in [3.05, 3.63) is 0 Å². The minimum absolute atomic E-state index is 0.231. The molecule has 0 aromatic rings. The van der Waals surface area contributed by atoms with Gasteiger partial charge in [-0.3, -0.25) is 4.99 Å². The summed E-state index contributed by atoms with van der Waals surface area (Å²) in [5.41, 5.74) is 5.48. The Bertz CT molecular complexity index is 78.1. The van der Waals surface area contributed by atoms with Gasteiger partial charge in [-0.05, 0) is 13.3 Å². The van der Waals surface area contributed by atoms with E-state index >= 15 is 0 Å². The van der Waals surface area contributed by atoms with Crippen molar-refractivity contribution in [2.75, 3.05) is 0 Å². The second-order valence-electron chi connectivity index (χ2n) is 2.05. The van der Waals surface area contributed by atoms with Crippen molar-refractivity contribution >= 4 is 6.21 Å². The summed E-state index contributed by atoms with van der Waals surface area (Å²) in [5.74, 6) is 0. The summed E-state index contributed by atoms with van der Waals surface area (Å²) in [4.78, 5) is 4.07. The molecule has 0 amide bonds. The minimum Gasteiger partial charge on any atom is -0.323 e. The Labute approximate surface area is 43.4 Å². The van der Waals surface area contributed by atoms with Crippen molar-refractivity contribution in [3.8, 4) is 0 Å². The minimum atomic E-state index is 0.231. The predicted molar refractivity (Wildman–Crippen MR) is 30.5 cm³/mol. The normalized spacial score (nSPS) is 39.7. The van der Waals surface area contributed by atoms with Crippen LogP contribution in [-0.2, 0) is 0 Å². The molecule has 0 radical (unpaired) electrons. The van der Waals surface area contributed by atoms with E-state index in [1.54, 1.807) is 0 Å². The molecular weight excluding hydrogens is 88.1 g/mol. The molecule has 0 bridgehead atoms. The SMILES string of the molecule is CC1CC(N)C=N1. The lowest BCUT2D eigenvalue weighted by Crippen LogP contribution is -2.18. The van der Waals surface area contributed by atoms with Crippen LogP contribution in [-0.4, -0.2) is 18.3 Å². The van der Waals surface area contributed by atoms with Gasteiger partial charge in [-0.15, -0.1) is 0 Å². The van der Waals surface area contributed by atoms with Gasteiger partial charge in [-0.2, -0.15) is 0 Å². The lowest BCUT2D eigenvalue weighted by Gasteiger charge is -1.95. The standard InChI is InChI=1S/C5H10N2/c1-4-2-5(6)3-7-4/h3-5H,2,6H2,1H3. The van der Waals surface area contributed by atoms with Crippen molar-refractivity contribution in [1.82, 2.24) is 0 Å². The molecule has 1 rings (SSSR count). The topological polar surface area (TPSA) is 38.4 Å². The largest absolute Gasteiger partial charge is 0.323 e. The predicted octanol–water partition coefficient (Wildman–Crippen LogP) is 0.177. The van der Waals surface area contributed by atoms with E-state index in [1.165, 1.54) is 0 Å². The number of aliphatic imine (C=N–C) groups is 1. The van der Waals surface area contributed by atoms with Crippen molar-refractivity contribution in [2.45, 2.75) is 25.4 Å². The van der Waals surface area contributed by atoms with Crippen LogP contribution in [0, 0.1) is 0 Å². The maximum atomic E-state index is 5.48. The summed E-state index contributed by atoms with van der Waals surface area (Å²) < 4.78 is 0.